The average Bonchev–Trinajstić information content (AvgIpc) is 3.04. The molecule has 4 aromatic carbocycles. The van der Waals surface area contributed by atoms with Gasteiger partial charge in [-0.3, -0.25) is 0 Å². The van der Waals surface area contributed by atoms with Gasteiger partial charge in [-0.1, -0.05) is 175 Å². The molecule has 4 radical (unpaired) electrons. The van der Waals surface area contributed by atoms with Crippen molar-refractivity contribution in [3.8, 4) is 0 Å². The number of unbranched alkanes of at least 4 members (excludes halogenated alkanes) is 2. The van der Waals surface area contributed by atoms with E-state index >= 15 is 0 Å². The molecule has 0 saturated heterocycles. The van der Waals surface area contributed by atoms with Crippen LogP contribution >= 0.6 is 15.8 Å². The Morgan fingerprint density at radius 1 is 0.512 bits per heavy atom. The molecule has 0 bridgehead atoms. The van der Waals surface area contributed by atoms with E-state index < -0.39 is 27.8 Å². The molecule has 0 N–H and O–H groups in total. The fourth-order valence-electron chi connectivity index (χ4n) is 3.71. The Morgan fingerprint density at radius 3 is 0.837 bits per heavy atom. The number of aliphatic carboxylic acids is 2. The van der Waals surface area contributed by atoms with Gasteiger partial charge in [-0.25, -0.2) is 0 Å². The maximum Gasteiger partial charge on any atom is 2.00 e. The van der Waals surface area contributed by atoms with Gasteiger partial charge in [0.15, 0.2) is 0 Å². The Kier molecular flexibility index (Phi) is 19.4. The Labute approximate surface area is 276 Å². The Balaban J connectivity index is 0.000000917. The van der Waals surface area contributed by atoms with Crippen LogP contribution in [0.1, 0.15) is 39.5 Å². The van der Waals surface area contributed by atoms with Gasteiger partial charge in [-0.15, -0.1) is 0 Å². The van der Waals surface area contributed by atoms with Crippen molar-refractivity contribution in [1.82, 2.24) is 0 Å². The Hall–Kier alpha value is -2.78. The first-order valence-corrected chi connectivity index (χ1v) is 16.6. The molecule has 0 fully saturated rings. The second-order valence-electron chi connectivity index (χ2n) is 8.99. The summed E-state index contributed by atoms with van der Waals surface area (Å²) in [7, 11) is -3.45. The third-order valence-corrected chi connectivity index (χ3v) is 11.0. The van der Waals surface area contributed by atoms with Gasteiger partial charge in [0.05, 0.1) is 11.9 Å². The van der Waals surface area contributed by atoms with Crippen molar-refractivity contribution < 1.29 is 19.8 Å². The smallest absolute Gasteiger partial charge is 0.545 e. The van der Waals surface area contributed by atoms with Gasteiger partial charge < -0.3 is 19.8 Å². The van der Waals surface area contributed by atoms with Crippen LogP contribution in [0.15, 0.2) is 132 Å². The van der Waals surface area contributed by atoms with Crippen molar-refractivity contribution in [2.24, 2.45) is 0 Å². The summed E-state index contributed by atoms with van der Waals surface area (Å²) >= 11 is 0. The van der Waals surface area contributed by atoms with E-state index in [2.05, 4.69) is 27.7 Å². The third-order valence-electron chi connectivity index (χ3n) is 5.82. The summed E-state index contributed by atoms with van der Waals surface area (Å²) in [5.74, 6) is -3.00. The van der Waals surface area contributed by atoms with Crippen LogP contribution in [0.5, 0.6) is 0 Å². The van der Waals surface area contributed by atoms with Gasteiger partial charge >= 0.3 is 23.9 Å². The quantitative estimate of drug-likeness (QED) is 0.134. The minimum absolute atomic E-state index is 0. The van der Waals surface area contributed by atoms with E-state index in [1.54, 1.807) is 0 Å². The SMILES string of the molecule is O=C([O-])/C(=C(\C(=O)[O-])P(c1ccccc1)c1ccccc1)P(c1ccccc1)c1ccccc1.[CH2]CCC.[CH2]CCC.[Sn+2]. The maximum absolute atomic E-state index is 12.8. The predicted molar refractivity (Wildman–Crippen MR) is 181 cm³/mol. The van der Waals surface area contributed by atoms with Crippen LogP contribution in [0.2, 0.25) is 0 Å². The fourth-order valence-corrected chi connectivity index (χ4v) is 8.79. The zero-order valence-electron chi connectivity index (χ0n) is 24.8. The molecule has 4 rings (SSSR count). The number of carbonyl (C=O) groups excluding carboxylic acids is 2. The standard InChI is InChI=1S/C28H22O4P2.2C4H9.Sn/c29-27(30)25(33(21-13-5-1-6-14-21)22-15-7-2-8-16-22)26(28(31)32)34(23-17-9-3-10-18-23)24-19-11-4-12-20-24;2*1-3-4-2;/h1-20H,(H,29,30)(H,31,32);2*1,3-4H2,2H3;/q;;;+2/p-2/b26-25-;;;. The Morgan fingerprint density at radius 2 is 0.698 bits per heavy atom. The van der Waals surface area contributed by atoms with E-state index in [9.17, 15) is 19.8 Å². The van der Waals surface area contributed by atoms with E-state index in [0.717, 1.165) is 34.1 Å². The molecule has 4 nitrogen and oxygen atoms in total. The number of hydrogen-bond acceptors (Lipinski definition) is 4. The molecule has 0 aromatic heterocycles. The summed E-state index contributed by atoms with van der Waals surface area (Å²) in [6.07, 6.45) is 4.56. The van der Waals surface area contributed by atoms with Gasteiger partial charge in [0.25, 0.3) is 0 Å². The minimum Gasteiger partial charge on any atom is -0.545 e. The maximum atomic E-state index is 12.8. The van der Waals surface area contributed by atoms with Crippen molar-refractivity contribution in [3.63, 3.8) is 0 Å². The zero-order chi connectivity index (χ0) is 30.7. The normalized spacial score (nSPS) is 10.7. The number of carbonyl (C=O) groups is 2. The molecule has 220 valence electrons. The molecule has 0 aliphatic heterocycles. The monoisotopic (exact) mass is 716 g/mol. The second kappa shape index (κ2) is 21.8. The van der Waals surface area contributed by atoms with E-state index in [-0.39, 0.29) is 34.5 Å². The molecule has 0 aliphatic rings. The van der Waals surface area contributed by atoms with Crippen LogP contribution in [0.3, 0.4) is 0 Å². The molecule has 0 amide bonds. The number of rotatable bonds is 10. The molecule has 0 atom stereocenters. The summed E-state index contributed by atoms with van der Waals surface area (Å²) in [6, 6.07) is 36.4. The van der Waals surface area contributed by atoms with Crippen molar-refractivity contribution in [1.29, 1.82) is 0 Å². The molecular formula is C36H38O4P2Sn. The molecule has 0 saturated carbocycles. The Bertz CT molecular complexity index is 1180. The average molecular weight is 715 g/mol. The summed E-state index contributed by atoms with van der Waals surface area (Å²) in [5, 5.41) is 28.0. The second-order valence-corrected chi connectivity index (χ2v) is 13.3. The van der Waals surface area contributed by atoms with Crippen molar-refractivity contribution in [3.05, 3.63) is 146 Å². The third kappa shape index (κ3) is 12.0. The van der Waals surface area contributed by atoms with E-state index in [1.165, 1.54) is 12.8 Å². The number of carboxylic acid groups (broad SMARTS) is 2. The number of carboxylic acids is 2. The van der Waals surface area contributed by atoms with E-state index in [4.69, 9.17) is 0 Å². The molecule has 0 unspecified atom stereocenters. The fraction of sp³-hybridized carbons (Fsp3) is 0.167. The molecular weight excluding hydrogens is 677 g/mol. The van der Waals surface area contributed by atoms with Crippen LogP contribution in [-0.2, 0) is 9.59 Å². The number of hydrogen-bond donors (Lipinski definition) is 0. The predicted octanol–water partition coefficient (Wildman–Crippen LogP) is 4.82. The zero-order valence-corrected chi connectivity index (χ0v) is 29.5. The number of benzene rings is 4. The van der Waals surface area contributed by atoms with Crippen LogP contribution < -0.4 is 31.4 Å². The molecule has 7 heteroatoms. The van der Waals surface area contributed by atoms with E-state index in [0.29, 0.717) is 0 Å². The van der Waals surface area contributed by atoms with Crippen LogP contribution in [0.4, 0.5) is 0 Å². The minimum atomic E-state index is -1.73. The van der Waals surface area contributed by atoms with E-state index in [1.807, 2.05) is 121 Å². The van der Waals surface area contributed by atoms with Gasteiger partial charge in [-0.05, 0) is 37.1 Å². The van der Waals surface area contributed by atoms with Crippen LogP contribution in [0, 0.1) is 13.8 Å². The molecule has 4 aromatic rings. The van der Waals surface area contributed by atoms with Crippen LogP contribution in [-0.4, -0.2) is 35.8 Å². The first-order valence-electron chi connectivity index (χ1n) is 14.0. The summed E-state index contributed by atoms with van der Waals surface area (Å²) in [4.78, 5) is 25.5. The topological polar surface area (TPSA) is 80.3 Å². The molecule has 43 heavy (non-hydrogen) atoms. The molecule has 0 heterocycles. The summed E-state index contributed by atoms with van der Waals surface area (Å²) in [5.41, 5.74) is 0. The van der Waals surface area contributed by atoms with Crippen LogP contribution in [0.25, 0.3) is 0 Å². The van der Waals surface area contributed by atoms with Crippen molar-refractivity contribution in [2.45, 2.75) is 39.5 Å². The van der Waals surface area contributed by atoms with Gasteiger partial charge in [-0.2, -0.15) is 0 Å². The largest absolute Gasteiger partial charge is 2.00 e. The van der Waals surface area contributed by atoms with Crippen molar-refractivity contribution in [2.75, 3.05) is 0 Å². The molecule has 0 spiro atoms. The molecule has 0 aliphatic carbocycles. The first-order chi connectivity index (χ1) is 20.4. The van der Waals surface area contributed by atoms with Gasteiger partial charge in [0, 0.05) is 10.6 Å². The summed E-state index contributed by atoms with van der Waals surface area (Å²) in [6.45, 7) is 11.4. The summed E-state index contributed by atoms with van der Waals surface area (Å²) < 4.78 is 0. The first kappa shape index (κ1) is 38.2. The van der Waals surface area contributed by atoms with Gasteiger partial charge in [0.2, 0.25) is 0 Å². The van der Waals surface area contributed by atoms with Crippen molar-refractivity contribution >= 4 is 72.9 Å². The van der Waals surface area contributed by atoms with Gasteiger partial charge in [0.1, 0.15) is 0 Å².